The maximum Gasteiger partial charge on any atom is 0.257 e. The molecular weight excluding hydrogens is 404 g/mol. The number of hydrogen-bond acceptors (Lipinski definition) is 4. The number of benzene rings is 3. The second-order valence-electron chi connectivity index (χ2n) is 7.34. The van der Waals surface area contributed by atoms with Gasteiger partial charge in [0.05, 0.1) is 7.11 Å². The Balaban J connectivity index is 1.37. The van der Waals surface area contributed by atoms with Gasteiger partial charge in [-0.3, -0.25) is 9.59 Å². The van der Waals surface area contributed by atoms with Crippen molar-refractivity contribution < 1.29 is 19.1 Å². The smallest absolute Gasteiger partial charge is 0.257 e. The van der Waals surface area contributed by atoms with E-state index in [2.05, 4.69) is 10.6 Å². The van der Waals surface area contributed by atoms with E-state index in [4.69, 9.17) is 9.47 Å². The van der Waals surface area contributed by atoms with Crippen LogP contribution in [-0.4, -0.2) is 32.1 Å². The van der Waals surface area contributed by atoms with E-state index in [0.29, 0.717) is 23.6 Å². The lowest BCUT2D eigenvalue weighted by atomic mass is 10.0. The van der Waals surface area contributed by atoms with Crippen LogP contribution in [0.2, 0.25) is 0 Å². The topological polar surface area (TPSA) is 76.7 Å². The Bertz CT molecular complexity index is 1160. The summed E-state index contributed by atoms with van der Waals surface area (Å²) < 4.78 is 11.1. The minimum absolute atomic E-state index is 0.110. The Morgan fingerprint density at radius 3 is 2.59 bits per heavy atom. The highest BCUT2D eigenvalue weighted by molar-refractivity contribution is 6.34. The van der Waals surface area contributed by atoms with E-state index in [1.54, 1.807) is 12.1 Å². The summed E-state index contributed by atoms with van der Waals surface area (Å²) in [7, 11) is 1.54. The van der Waals surface area contributed by atoms with Crippen LogP contribution in [0.5, 0.6) is 11.5 Å². The largest absolute Gasteiger partial charge is 0.493 e. The van der Waals surface area contributed by atoms with Crippen molar-refractivity contribution in [3.8, 4) is 11.5 Å². The minimum Gasteiger partial charge on any atom is -0.493 e. The van der Waals surface area contributed by atoms with Gasteiger partial charge in [-0.1, -0.05) is 54.6 Å². The molecule has 0 spiro atoms. The number of amides is 2. The van der Waals surface area contributed by atoms with Gasteiger partial charge in [-0.15, -0.1) is 0 Å². The first-order valence-electron chi connectivity index (χ1n) is 10.4. The first-order chi connectivity index (χ1) is 15.6. The van der Waals surface area contributed by atoms with Crippen molar-refractivity contribution in [3.05, 3.63) is 89.5 Å². The number of nitrogens with one attached hydrogen (secondary N) is 2. The predicted octanol–water partition coefficient (Wildman–Crippen LogP) is 3.93. The summed E-state index contributed by atoms with van der Waals surface area (Å²) in [6.45, 7) is 0.431. The first-order valence-corrected chi connectivity index (χ1v) is 10.4. The Hall–Kier alpha value is -4.06. The van der Waals surface area contributed by atoms with E-state index in [9.17, 15) is 9.59 Å². The third-order valence-electron chi connectivity index (χ3n) is 5.15. The normalized spacial score (nSPS) is 13.4. The Kier molecular flexibility index (Phi) is 6.51. The summed E-state index contributed by atoms with van der Waals surface area (Å²) in [6.07, 6.45) is 2.57. The Morgan fingerprint density at radius 2 is 1.78 bits per heavy atom. The highest BCUT2D eigenvalue weighted by Crippen LogP contribution is 2.34. The zero-order valence-corrected chi connectivity index (χ0v) is 17.8. The second-order valence-corrected chi connectivity index (χ2v) is 7.34. The average molecular weight is 428 g/mol. The van der Waals surface area contributed by atoms with Gasteiger partial charge in [0.15, 0.2) is 18.1 Å². The van der Waals surface area contributed by atoms with Crippen molar-refractivity contribution >= 4 is 29.2 Å². The molecule has 2 amide bonds. The molecule has 0 aromatic heterocycles. The fourth-order valence-corrected chi connectivity index (χ4v) is 3.53. The fraction of sp³-hybridized carbons (Fsp3) is 0.154. The number of carbonyl (C=O) groups is 2. The number of hydrogen-bond donors (Lipinski definition) is 2. The third kappa shape index (κ3) is 4.98. The van der Waals surface area contributed by atoms with Crippen LogP contribution in [0.3, 0.4) is 0 Å². The van der Waals surface area contributed by atoms with Crippen molar-refractivity contribution in [3.63, 3.8) is 0 Å². The molecule has 0 fully saturated rings. The number of anilines is 1. The maximum absolute atomic E-state index is 12.3. The maximum atomic E-state index is 12.3. The molecule has 32 heavy (non-hydrogen) atoms. The number of methoxy groups -OCH3 is 1. The molecule has 6 nitrogen and oxygen atoms in total. The van der Waals surface area contributed by atoms with Crippen LogP contribution in [0.4, 0.5) is 5.69 Å². The summed E-state index contributed by atoms with van der Waals surface area (Å²) in [5.41, 5.74) is 4.22. The van der Waals surface area contributed by atoms with E-state index in [0.717, 1.165) is 23.2 Å². The highest BCUT2D eigenvalue weighted by Gasteiger charge is 2.23. The van der Waals surface area contributed by atoms with Gasteiger partial charge in [-0.05, 0) is 41.8 Å². The number of carbonyl (C=O) groups excluding carboxylic acids is 2. The van der Waals surface area contributed by atoms with Crippen LogP contribution in [0.15, 0.2) is 72.8 Å². The second kappa shape index (κ2) is 9.83. The Morgan fingerprint density at radius 1 is 1.00 bits per heavy atom. The highest BCUT2D eigenvalue weighted by atomic mass is 16.5. The lowest BCUT2D eigenvalue weighted by molar-refractivity contribution is -0.123. The molecule has 4 rings (SSSR count). The molecule has 0 saturated carbocycles. The van der Waals surface area contributed by atoms with E-state index in [1.165, 1.54) is 12.7 Å². The molecule has 0 radical (unpaired) electrons. The standard InChI is InChI=1S/C26H24N2O4/c1-31-24-16-19(15-21-20-9-5-6-10-22(20)28-26(21)30)11-12-23(24)32-17-25(29)27-14-13-18-7-3-2-4-8-18/h2-12,15-16H,13-14,17H2,1H3,(H,27,29)(H,28,30). The fourth-order valence-electron chi connectivity index (χ4n) is 3.53. The molecule has 0 atom stereocenters. The van der Waals surface area contributed by atoms with Crippen LogP contribution in [-0.2, 0) is 16.0 Å². The summed E-state index contributed by atoms with van der Waals surface area (Å²) in [4.78, 5) is 24.5. The summed E-state index contributed by atoms with van der Waals surface area (Å²) >= 11 is 0. The number of ether oxygens (including phenoxy) is 2. The third-order valence-corrected chi connectivity index (χ3v) is 5.15. The van der Waals surface area contributed by atoms with Crippen LogP contribution in [0, 0.1) is 0 Å². The molecule has 2 N–H and O–H groups in total. The van der Waals surface area contributed by atoms with Crippen molar-refractivity contribution in [1.29, 1.82) is 0 Å². The first kappa shape index (κ1) is 21.2. The van der Waals surface area contributed by atoms with E-state index >= 15 is 0 Å². The van der Waals surface area contributed by atoms with Gasteiger partial charge in [-0.2, -0.15) is 0 Å². The van der Waals surface area contributed by atoms with Crippen LogP contribution in [0.25, 0.3) is 11.6 Å². The molecule has 0 saturated heterocycles. The van der Waals surface area contributed by atoms with Crippen molar-refractivity contribution in [1.82, 2.24) is 5.32 Å². The molecule has 3 aromatic rings. The minimum atomic E-state index is -0.201. The molecule has 1 heterocycles. The lowest BCUT2D eigenvalue weighted by Gasteiger charge is -2.12. The summed E-state index contributed by atoms with van der Waals surface area (Å²) in [5, 5.41) is 5.71. The van der Waals surface area contributed by atoms with Gasteiger partial charge in [0.2, 0.25) is 0 Å². The van der Waals surface area contributed by atoms with Gasteiger partial charge in [0, 0.05) is 23.4 Å². The molecule has 0 bridgehead atoms. The molecule has 0 aliphatic carbocycles. The number of fused-ring (bicyclic) bond motifs is 1. The van der Waals surface area contributed by atoms with E-state index in [1.807, 2.05) is 66.7 Å². The lowest BCUT2D eigenvalue weighted by Crippen LogP contribution is -2.30. The van der Waals surface area contributed by atoms with Crippen LogP contribution < -0.4 is 20.1 Å². The summed E-state index contributed by atoms with van der Waals surface area (Å²) in [5.74, 6) is 0.610. The van der Waals surface area contributed by atoms with Crippen LogP contribution >= 0.6 is 0 Å². The summed E-state index contributed by atoms with van der Waals surface area (Å²) in [6, 6.07) is 22.9. The zero-order chi connectivity index (χ0) is 22.3. The molecule has 3 aromatic carbocycles. The molecule has 1 aliphatic rings. The SMILES string of the molecule is COc1cc(C=C2C(=O)Nc3ccccc32)ccc1OCC(=O)NCCc1ccccc1. The van der Waals surface area contributed by atoms with Gasteiger partial charge < -0.3 is 20.1 Å². The number of para-hydroxylation sites is 1. The zero-order valence-electron chi connectivity index (χ0n) is 17.8. The van der Waals surface area contributed by atoms with Gasteiger partial charge >= 0.3 is 0 Å². The van der Waals surface area contributed by atoms with Crippen molar-refractivity contribution in [2.45, 2.75) is 6.42 Å². The predicted molar refractivity (Wildman–Crippen MR) is 125 cm³/mol. The quantitative estimate of drug-likeness (QED) is 0.533. The van der Waals surface area contributed by atoms with Gasteiger partial charge in [-0.25, -0.2) is 0 Å². The molecule has 1 aliphatic heterocycles. The molecule has 0 unspecified atom stereocenters. The van der Waals surface area contributed by atoms with Crippen LogP contribution in [0.1, 0.15) is 16.7 Å². The Labute approximate surface area is 186 Å². The monoisotopic (exact) mass is 428 g/mol. The number of rotatable bonds is 8. The molecule has 162 valence electrons. The average Bonchev–Trinajstić information content (AvgIpc) is 3.13. The van der Waals surface area contributed by atoms with E-state index < -0.39 is 0 Å². The van der Waals surface area contributed by atoms with Crippen molar-refractivity contribution in [2.24, 2.45) is 0 Å². The van der Waals surface area contributed by atoms with Gasteiger partial charge in [0.1, 0.15) is 0 Å². The van der Waals surface area contributed by atoms with Crippen molar-refractivity contribution in [2.75, 3.05) is 25.6 Å². The molecule has 6 heteroatoms. The van der Waals surface area contributed by atoms with Gasteiger partial charge in [0.25, 0.3) is 11.8 Å². The molecular formula is C26H24N2O4. The van der Waals surface area contributed by atoms with E-state index in [-0.39, 0.29) is 18.4 Å².